The van der Waals surface area contributed by atoms with Crippen LogP contribution in [-0.2, 0) is 11.3 Å². The zero-order valence-electron chi connectivity index (χ0n) is 15.0. The van der Waals surface area contributed by atoms with Crippen LogP contribution in [0.2, 0.25) is 0 Å². The summed E-state index contributed by atoms with van der Waals surface area (Å²) in [5, 5.41) is 6.12. The summed E-state index contributed by atoms with van der Waals surface area (Å²) in [6, 6.07) is 5.49. The Kier molecular flexibility index (Phi) is 12.1. The van der Waals surface area contributed by atoms with Crippen LogP contribution in [0.4, 0.5) is 13.2 Å². The fourth-order valence-corrected chi connectivity index (χ4v) is 1.97. The molecule has 2 N–H and O–H groups in total. The molecule has 0 fully saturated rings. The first kappa shape index (κ1) is 24.6. The normalized spacial score (nSPS) is 11.5. The van der Waals surface area contributed by atoms with E-state index >= 15 is 0 Å². The molecule has 1 rings (SSSR count). The van der Waals surface area contributed by atoms with Gasteiger partial charge >= 0.3 is 6.18 Å². The summed E-state index contributed by atoms with van der Waals surface area (Å²) in [5.74, 6) is 1.92. The van der Waals surface area contributed by atoms with Crippen molar-refractivity contribution in [3.05, 3.63) is 23.8 Å². The van der Waals surface area contributed by atoms with Crippen LogP contribution in [0.5, 0.6) is 11.5 Å². The maximum absolute atomic E-state index is 11.9. The molecule has 0 spiro atoms. The minimum absolute atomic E-state index is 0. The lowest BCUT2D eigenvalue weighted by Crippen LogP contribution is -2.37. The molecule has 0 amide bonds. The number of hydrogen-bond acceptors (Lipinski definition) is 4. The Labute approximate surface area is 168 Å². The van der Waals surface area contributed by atoms with Crippen LogP contribution in [0.3, 0.4) is 0 Å². The minimum atomic E-state index is -4.29. The highest BCUT2D eigenvalue weighted by Crippen LogP contribution is 2.24. The highest BCUT2D eigenvalue weighted by atomic mass is 127. The van der Waals surface area contributed by atoms with E-state index in [1.807, 2.05) is 12.1 Å². The number of aliphatic imine (C=N–C) groups is 1. The van der Waals surface area contributed by atoms with Crippen LogP contribution in [0, 0.1) is 0 Å². The number of alkyl halides is 3. The molecule has 6 nitrogen and oxygen atoms in total. The van der Waals surface area contributed by atoms with E-state index in [2.05, 4.69) is 20.4 Å². The van der Waals surface area contributed by atoms with Gasteiger partial charge in [0.25, 0.3) is 0 Å². The Hall–Kier alpha value is -1.43. The summed E-state index contributed by atoms with van der Waals surface area (Å²) in [6.07, 6.45) is -3.86. The van der Waals surface area contributed by atoms with Gasteiger partial charge in [0.2, 0.25) is 0 Å². The number of nitrogens with one attached hydrogen (secondary N) is 2. The average Bonchev–Trinajstić information content (AvgIpc) is 2.59. The number of guanidine groups is 1. The van der Waals surface area contributed by atoms with Crippen LogP contribution in [0.25, 0.3) is 0 Å². The van der Waals surface area contributed by atoms with E-state index in [1.165, 1.54) is 0 Å². The predicted octanol–water partition coefficient (Wildman–Crippen LogP) is 2.96. The first-order chi connectivity index (χ1) is 11.9. The molecular formula is C16H25F3IN3O3. The van der Waals surface area contributed by atoms with E-state index in [9.17, 15) is 13.2 Å². The highest BCUT2D eigenvalue weighted by molar-refractivity contribution is 14.0. The van der Waals surface area contributed by atoms with Crippen molar-refractivity contribution >= 4 is 29.9 Å². The van der Waals surface area contributed by atoms with Gasteiger partial charge in [0.05, 0.1) is 14.2 Å². The molecule has 0 saturated heterocycles. The number of rotatable bonds is 9. The number of ether oxygens (including phenoxy) is 3. The molecule has 1 aromatic rings. The number of halogens is 4. The predicted molar refractivity (Wildman–Crippen MR) is 105 cm³/mol. The van der Waals surface area contributed by atoms with Gasteiger partial charge in [-0.3, -0.25) is 4.99 Å². The summed E-state index contributed by atoms with van der Waals surface area (Å²) in [4.78, 5) is 4.06. The Balaban J connectivity index is 0.00000625. The second-order valence-corrected chi connectivity index (χ2v) is 5.05. The Morgan fingerprint density at radius 3 is 2.46 bits per heavy atom. The summed E-state index contributed by atoms with van der Waals surface area (Å²) in [5.41, 5.74) is 0.916. The van der Waals surface area contributed by atoms with Gasteiger partial charge in [-0.25, -0.2) is 0 Å². The van der Waals surface area contributed by atoms with E-state index < -0.39 is 12.8 Å². The van der Waals surface area contributed by atoms with Crippen LogP contribution in [-0.4, -0.2) is 53.2 Å². The summed E-state index contributed by atoms with van der Waals surface area (Å²) >= 11 is 0. The first-order valence-corrected chi connectivity index (χ1v) is 7.69. The molecular weight excluding hydrogens is 466 g/mol. The SMILES string of the molecule is CN=C(NCCCOCC(F)(F)F)NCc1ccc(OC)cc1OC.I. The van der Waals surface area contributed by atoms with Gasteiger partial charge in [-0.1, -0.05) is 0 Å². The molecule has 0 heterocycles. The largest absolute Gasteiger partial charge is 0.497 e. The maximum atomic E-state index is 11.9. The molecule has 0 saturated carbocycles. The van der Waals surface area contributed by atoms with Gasteiger partial charge in [-0.05, 0) is 18.6 Å². The van der Waals surface area contributed by atoms with Gasteiger partial charge in [0.15, 0.2) is 5.96 Å². The molecule has 0 atom stereocenters. The third kappa shape index (κ3) is 9.90. The molecule has 0 aliphatic carbocycles. The molecule has 0 aromatic heterocycles. The fraction of sp³-hybridized carbons (Fsp3) is 0.562. The highest BCUT2D eigenvalue weighted by Gasteiger charge is 2.27. The molecule has 10 heteroatoms. The van der Waals surface area contributed by atoms with E-state index in [0.29, 0.717) is 37.0 Å². The maximum Gasteiger partial charge on any atom is 0.411 e. The lowest BCUT2D eigenvalue weighted by Gasteiger charge is -2.14. The van der Waals surface area contributed by atoms with Gasteiger partial charge in [-0.2, -0.15) is 13.2 Å². The zero-order valence-corrected chi connectivity index (χ0v) is 17.3. The Morgan fingerprint density at radius 2 is 1.88 bits per heavy atom. The van der Waals surface area contributed by atoms with Crippen molar-refractivity contribution in [1.29, 1.82) is 0 Å². The zero-order chi connectivity index (χ0) is 18.7. The third-order valence-electron chi connectivity index (χ3n) is 3.19. The Bertz CT molecular complexity index is 557. The minimum Gasteiger partial charge on any atom is -0.497 e. The van der Waals surface area contributed by atoms with Crippen molar-refractivity contribution in [2.24, 2.45) is 4.99 Å². The van der Waals surface area contributed by atoms with Crippen LogP contribution in [0.15, 0.2) is 23.2 Å². The first-order valence-electron chi connectivity index (χ1n) is 7.69. The molecule has 0 aliphatic heterocycles. The third-order valence-corrected chi connectivity index (χ3v) is 3.19. The smallest absolute Gasteiger partial charge is 0.411 e. The van der Waals surface area contributed by atoms with Gasteiger partial charge in [-0.15, -0.1) is 24.0 Å². The molecule has 0 unspecified atom stereocenters. The average molecular weight is 491 g/mol. The lowest BCUT2D eigenvalue weighted by atomic mass is 10.2. The number of nitrogens with zero attached hydrogens (tertiary/aromatic N) is 1. The number of hydrogen-bond donors (Lipinski definition) is 2. The molecule has 0 radical (unpaired) electrons. The summed E-state index contributed by atoms with van der Waals surface area (Å²) in [7, 11) is 4.77. The van der Waals surface area contributed by atoms with Crippen molar-refractivity contribution in [3.8, 4) is 11.5 Å². The number of benzene rings is 1. The molecule has 150 valence electrons. The van der Waals surface area contributed by atoms with Crippen molar-refractivity contribution in [2.45, 2.75) is 19.1 Å². The van der Waals surface area contributed by atoms with E-state index in [-0.39, 0.29) is 30.6 Å². The van der Waals surface area contributed by atoms with Crippen LogP contribution >= 0.6 is 24.0 Å². The van der Waals surface area contributed by atoms with Crippen molar-refractivity contribution in [2.75, 3.05) is 41.0 Å². The van der Waals surface area contributed by atoms with Gasteiger partial charge in [0.1, 0.15) is 18.1 Å². The van der Waals surface area contributed by atoms with Crippen LogP contribution in [0.1, 0.15) is 12.0 Å². The van der Waals surface area contributed by atoms with Crippen LogP contribution < -0.4 is 20.1 Å². The summed E-state index contributed by atoms with van der Waals surface area (Å²) < 4.78 is 50.8. The number of methoxy groups -OCH3 is 2. The fourth-order valence-electron chi connectivity index (χ4n) is 1.97. The van der Waals surface area contributed by atoms with E-state index in [4.69, 9.17) is 9.47 Å². The van der Waals surface area contributed by atoms with E-state index in [0.717, 1.165) is 5.56 Å². The van der Waals surface area contributed by atoms with Crippen molar-refractivity contribution in [3.63, 3.8) is 0 Å². The monoisotopic (exact) mass is 491 g/mol. The lowest BCUT2D eigenvalue weighted by molar-refractivity contribution is -0.173. The molecule has 1 aromatic carbocycles. The summed E-state index contributed by atoms with van der Waals surface area (Å²) in [6.45, 7) is -0.290. The van der Waals surface area contributed by atoms with Crippen molar-refractivity contribution in [1.82, 2.24) is 10.6 Å². The second kappa shape index (κ2) is 12.8. The van der Waals surface area contributed by atoms with Gasteiger partial charge < -0.3 is 24.8 Å². The van der Waals surface area contributed by atoms with Gasteiger partial charge in [0, 0.05) is 38.4 Å². The van der Waals surface area contributed by atoms with Crippen molar-refractivity contribution < 1.29 is 27.4 Å². The second-order valence-electron chi connectivity index (χ2n) is 5.05. The van der Waals surface area contributed by atoms with E-state index in [1.54, 1.807) is 27.3 Å². The standard InChI is InChI=1S/C16H24F3N3O3.HI/c1-20-15(21-7-4-8-25-11-16(17,18)19)22-10-12-5-6-13(23-2)9-14(12)24-3;/h5-6,9H,4,7-8,10-11H2,1-3H3,(H2,20,21,22);1H. The molecule has 26 heavy (non-hydrogen) atoms. The molecule has 0 bridgehead atoms. The topological polar surface area (TPSA) is 64.1 Å². The molecule has 0 aliphatic rings. The Morgan fingerprint density at radius 1 is 1.15 bits per heavy atom. The quantitative estimate of drug-likeness (QED) is 0.241.